The summed E-state index contributed by atoms with van der Waals surface area (Å²) in [6.45, 7) is 2.14. The third-order valence-electron chi connectivity index (χ3n) is 4.39. The largest absolute Gasteiger partial charge is 0.491 e. The monoisotopic (exact) mass is 295 g/mol. The predicted molar refractivity (Wildman–Crippen MR) is 82.0 cm³/mol. The van der Waals surface area contributed by atoms with Crippen molar-refractivity contribution in [2.45, 2.75) is 51.2 Å². The van der Waals surface area contributed by atoms with Crippen LogP contribution in [0.15, 0.2) is 18.2 Å². The van der Waals surface area contributed by atoms with Crippen molar-refractivity contribution < 1.29 is 14.2 Å². The van der Waals surface area contributed by atoms with E-state index in [1.165, 1.54) is 31.7 Å². The fourth-order valence-corrected chi connectivity index (χ4v) is 3.00. The van der Waals surface area contributed by atoms with Crippen LogP contribution < -0.4 is 10.1 Å². The van der Waals surface area contributed by atoms with Crippen molar-refractivity contribution >= 4 is 0 Å². The first-order chi connectivity index (χ1) is 10.1. The van der Waals surface area contributed by atoms with Gasteiger partial charge in [-0.05, 0) is 32.4 Å². The van der Waals surface area contributed by atoms with Gasteiger partial charge in [-0.15, -0.1) is 0 Å². The van der Waals surface area contributed by atoms with Crippen LogP contribution >= 0.6 is 0 Å². The van der Waals surface area contributed by atoms with Crippen LogP contribution in [0.3, 0.4) is 0 Å². The second kappa shape index (κ2) is 7.76. The quantitative estimate of drug-likeness (QED) is 0.810. The Kier molecular flexibility index (Phi) is 6.00. The second-order valence-electron chi connectivity index (χ2n) is 6.04. The molecule has 2 atom stereocenters. The van der Waals surface area contributed by atoms with Gasteiger partial charge in [0.25, 0.3) is 0 Å². The van der Waals surface area contributed by atoms with Gasteiger partial charge < -0.3 is 15.2 Å². The van der Waals surface area contributed by atoms with E-state index in [0.29, 0.717) is 17.2 Å². The molecule has 118 valence electrons. The molecule has 0 aliphatic heterocycles. The number of halogens is 1. The van der Waals surface area contributed by atoms with Gasteiger partial charge in [-0.1, -0.05) is 31.7 Å². The molecule has 2 unspecified atom stereocenters. The first-order valence-corrected chi connectivity index (χ1v) is 7.87. The van der Waals surface area contributed by atoms with Crippen LogP contribution in [-0.4, -0.2) is 24.9 Å². The molecule has 1 aliphatic rings. The van der Waals surface area contributed by atoms with Crippen LogP contribution in [0.4, 0.5) is 4.39 Å². The molecule has 4 heteroatoms. The van der Waals surface area contributed by atoms with Gasteiger partial charge in [-0.2, -0.15) is 0 Å². The van der Waals surface area contributed by atoms with Gasteiger partial charge in [-0.25, -0.2) is 4.39 Å². The maximum absolute atomic E-state index is 14.0. The summed E-state index contributed by atoms with van der Waals surface area (Å²) in [4.78, 5) is 0. The van der Waals surface area contributed by atoms with Gasteiger partial charge in [0.05, 0.1) is 6.10 Å². The maximum Gasteiger partial charge on any atom is 0.131 e. The zero-order valence-electron chi connectivity index (χ0n) is 12.9. The van der Waals surface area contributed by atoms with E-state index in [1.807, 2.05) is 6.92 Å². The molecule has 0 amide bonds. The topological polar surface area (TPSA) is 41.5 Å². The highest BCUT2D eigenvalue weighted by molar-refractivity contribution is 5.30. The summed E-state index contributed by atoms with van der Waals surface area (Å²) in [6, 6.07) is 4.85. The molecule has 0 saturated heterocycles. The molecule has 0 heterocycles. The minimum absolute atomic E-state index is 0.0352. The Morgan fingerprint density at radius 2 is 2.10 bits per heavy atom. The van der Waals surface area contributed by atoms with E-state index < -0.39 is 6.10 Å². The number of hydrogen-bond acceptors (Lipinski definition) is 3. The van der Waals surface area contributed by atoms with Crippen molar-refractivity contribution in [2.24, 2.45) is 5.92 Å². The van der Waals surface area contributed by atoms with E-state index in [0.717, 1.165) is 6.42 Å². The number of benzene rings is 1. The van der Waals surface area contributed by atoms with Crippen LogP contribution in [0.25, 0.3) is 0 Å². The first kappa shape index (κ1) is 16.2. The third kappa shape index (κ3) is 4.68. The fraction of sp³-hybridized carbons (Fsp3) is 0.647. The van der Waals surface area contributed by atoms with Crippen molar-refractivity contribution in [3.8, 4) is 5.75 Å². The molecule has 0 spiro atoms. The van der Waals surface area contributed by atoms with E-state index in [2.05, 4.69) is 5.32 Å². The second-order valence-corrected chi connectivity index (χ2v) is 6.04. The van der Waals surface area contributed by atoms with Crippen LogP contribution in [0, 0.1) is 11.7 Å². The zero-order valence-corrected chi connectivity index (χ0v) is 12.9. The molecule has 0 radical (unpaired) electrons. The highest BCUT2D eigenvalue weighted by atomic mass is 19.1. The van der Waals surface area contributed by atoms with E-state index in [4.69, 9.17) is 4.74 Å². The van der Waals surface area contributed by atoms with Crippen molar-refractivity contribution in [2.75, 3.05) is 13.7 Å². The van der Waals surface area contributed by atoms with Gasteiger partial charge in [0.15, 0.2) is 0 Å². The summed E-state index contributed by atoms with van der Waals surface area (Å²) in [5.74, 6) is 0.823. The number of nitrogens with one attached hydrogen (secondary N) is 1. The van der Waals surface area contributed by atoms with Gasteiger partial charge >= 0.3 is 0 Å². The Hall–Kier alpha value is -1.13. The van der Waals surface area contributed by atoms with Crippen molar-refractivity contribution in [3.05, 3.63) is 29.6 Å². The smallest absolute Gasteiger partial charge is 0.131 e. The lowest BCUT2D eigenvalue weighted by atomic mass is 10.0. The zero-order chi connectivity index (χ0) is 15.2. The van der Waals surface area contributed by atoms with Crippen molar-refractivity contribution in [3.63, 3.8) is 0 Å². The van der Waals surface area contributed by atoms with Gasteiger partial charge in [0, 0.05) is 17.7 Å². The lowest BCUT2D eigenvalue weighted by molar-refractivity contribution is 0.0853. The summed E-state index contributed by atoms with van der Waals surface area (Å²) in [5, 5.41) is 13.0. The lowest BCUT2D eigenvalue weighted by Crippen LogP contribution is -2.20. The molecular formula is C17H26FNO2. The van der Waals surface area contributed by atoms with Gasteiger partial charge in [0.2, 0.25) is 0 Å². The van der Waals surface area contributed by atoms with Crippen LogP contribution in [0.5, 0.6) is 5.75 Å². The Morgan fingerprint density at radius 1 is 1.38 bits per heavy atom. The molecule has 0 aromatic heterocycles. The first-order valence-electron chi connectivity index (χ1n) is 7.87. The molecule has 0 bridgehead atoms. The standard InChI is InChI=1S/C17H26FNO2/c1-12(19-2)16-8-7-15(10-17(16)18)21-11-14(20)9-13-5-3-4-6-13/h7-8,10,12-14,19-20H,3-6,9,11H2,1-2H3. The van der Waals surface area contributed by atoms with Crippen molar-refractivity contribution in [1.82, 2.24) is 5.32 Å². The summed E-state index contributed by atoms with van der Waals surface area (Å²) >= 11 is 0. The Morgan fingerprint density at radius 3 is 2.71 bits per heavy atom. The minimum Gasteiger partial charge on any atom is -0.491 e. The molecule has 1 aliphatic carbocycles. The van der Waals surface area contributed by atoms with Crippen molar-refractivity contribution in [1.29, 1.82) is 0 Å². The van der Waals surface area contributed by atoms with Crippen LogP contribution in [0.2, 0.25) is 0 Å². The van der Waals surface area contributed by atoms with E-state index in [1.54, 1.807) is 19.2 Å². The summed E-state index contributed by atoms with van der Waals surface area (Å²) in [5.41, 5.74) is 0.622. The van der Waals surface area contributed by atoms with Crippen LogP contribution in [-0.2, 0) is 0 Å². The molecule has 21 heavy (non-hydrogen) atoms. The number of aliphatic hydroxyl groups excluding tert-OH is 1. The SMILES string of the molecule is CNC(C)c1ccc(OCC(O)CC2CCCC2)cc1F. The van der Waals surface area contributed by atoms with Gasteiger partial charge in [-0.3, -0.25) is 0 Å². The maximum atomic E-state index is 14.0. The Labute approximate surface area is 126 Å². The average Bonchev–Trinajstić information content (AvgIpc) is 2.97. The Balaban J connectivity index is 1.83. The molecule has 2 rings (SSSR count). The van der Waals surface area contributed by atoms with E-state index >= 15 is 0 Å². The molecule has 1 saturated carbocycles. The summed E-state index contributed by atoms with van der Waals surface area (Å²) in [6.07, 6.45) is 5.29. The normalized spacial score (nSPS) is 18.7. The Bertz CT molecular complexity index is 446. The highest BCUT2D eigenvalue weighted by Crippen LogP contribution is 2.29. The average molecular weight is 295 g/mol. The van der Waals surface area contributed by atoms with E-state index in [-0.39, 0.29) is 18.5 Å². The number of hydrogen-bond donors (Lipinski definition) is 2. The number of aliphatic hydroxyl groups is 1. The minimum atomic E-state index is -0.466. The fourth-order valence-electron chi connectivity index (χ4n) is 3.00. The highest BCUT2D eigenvalue weighted by Gasteiger charge is 2.19. The van der Waals surface area contributed by atoms with Gasteiger partial charge in [0.1, 0.15) is 18.2 Å². The molecule has 1 fully saturated rings. The molecule has 3 nitrogen and oxygen atoms in total. The molecule has 1 aromatic rings. The molecular weight excluding hydrogens is 269 g/mol. The molecule has 1 aromatic carbocycles. The lowest BCUT2D eigenvalue weighted by Gasteiger charge is -2.17. The summed E-state index contributed by atoms with van der Waals surface area (Å²) < 4.78 is 19.5. The number of rotatable bonds is 7. The van der Waals surface area contributed by atoms with E-state index in [9.17, 15) is 9.50 Å². The predicted octanol–water partition coefficient (Wildman–Crippen LogP) is 3.43. The number of ether oxygens (including phenoxy) is 1. The third-order valence-corrected chi connectivity index (χ3v) is 4.39. The molecule has 2 N–H and O–H groups in total. The summed E-state index contributed by atoms with van der Waals surface area (Å²) in [7, 11) is 1.80. The van der Waals surface area contributed by atoms with Crippen LogP contribution in [0.1, 0.15) is 50.6 Å².